The van der Waals surface area contributed by atoms with E-state index < -0.39 is 5.60 Å². The molecule has 0 saturated carbocycles. The number of nitrogens with one attached hydrogen (secondary N) is 1. The van der Waals surface area contributed by atoms with E-state index in [-0.39, 0.29) is 18.9 Å². The van der Waals surface area contributed by atoms with Crippen LogP contribution in [0.15, 0.2) is 29.8 Å². The number of nitrogens with zero attached hydrogens (tertiary/aromatic N) is 3. The van der Waals surface area contributed by atoms with Crippen LogP contribution >= 0.6 is 11.3 Å². The Bertz CT molecular complexity index is 676. The molecular weight excluding hydrogens is 312 g/mol. The topological polar surface area (TPSA) is 78.3 Å². The highest BCUT2D eigenvalue weighted by Crippen LogP contribution is 2.24. The molecule has 3 rings (SSSR count). The van der Waals surface area contributed by atoms with Gasteiger partial charge in [0.25, 0.3) is 0 Å². The van der Waals surface area contributed by atoms with Crippen LogP contribution in [-0.4, -0.2) is 46.2 Å². The van der Waals surface area contributed by atoms with Crippen LogP contribution in [-0.2, 0) is 11.2 Å². The predicted molar refractivity (Wildman–Crippen MR) is 89.6 cm³/mol. The molecule has 3 heterocycles. The summed E-state index contributed by atoms with van der Waals surface area (Å²) in [5.74, 6) is 0.743. The largest absolute Gasteiger partial charge is 0.386 e. The van der Waals surface area contributed by atoms with Gasteiger partial charge >= 0.3 is 0 Å². The summed E-state index contributed by atoms with van der Waals surface area (Å²) >= 11 is 1.53. The highest BCUT2D eigenvalue weighted by atomic mass is 32.1. The van der Waals surface area contributed by atoms with E-state index in [2.05, 4.69) is 15.3 Å². The van der Waals surface area contributed by atoms with Crippen molar-refractivity contribution in [1.82, 2.24) is 15.3 Å². The molecule has 122 valence electrons. The van der Waals surface area contributed by atoms with Crippen molar-refractivity contribution < 1.29 is 9.90 Å². The molecule has 2 aromatic rings. The highest BCUT2D eigenvalue weighted by molar-refractivity contribution is 7.09. The normalized spacial score (nSPS) is 20.7. The highest BCUT2D eigenvalue weighted by Gasteiger charge is 2.36. The van der Waals surface area contributed by atoms with E-state index in [4.69, 9.17) is 0 Å². The second kappa shape index (κ2) is 6.64. The fraction of sp³-hybridized carbons (Fsp3) is 0.438. The van der Waals surface area contributed by atoms with Crippen molar-refractivity contribution in [3.8, 4) is 0 Å². The summed E-state index contributed by atoms with van der Waals surface area (Å²) in [6.07, 6.45) is 2.61. The summed E-state index contributed by atoms with van der Waals surface area (Å²) in [5, 5.41) is 16.3. The predicted octanol–water partition coefficient (Wildman–Crippen LogP) is 1.15. The number of β-amino-alcohol motifs (C(OH)–C–C–N with tert-alkyl or cyclic N) is 1. The van der Waals surface area contributed by atoms with Crippen molar-refractivity contribution in [3.63, 3.8) is 0 Å². The Labute approximate surface area is 139 Å². The fourth-order valence-corrected chi connectivity index (χ4v) is 3.33. The minimum Gasteiger partial charge on any atom is -0.386 e. The third-order valence-electron chi connectivity index (χ3n) is 3.93. The Morgan fingerprint density at radius 2 is 2.39 bits per heavy atom. The van der Waals surface area contributed by atoms with Crippen molar-refractivity contribution >= 4 is 23.1 Å². The quantitative estimate of drug-likeness (QED) is 0.859. The number of aliphatic hydroxyl groups is 1. The summed E-state index contributed by atoms with van der Waals surface area (Å²) in [6, 6.07) is 5.72. The number of pyridine rings is 1. The number of hydrogen-bond acceptors (Lipinski definition) is 6. The van der Waals surface area contributed by atoms with E-state index in [1.54, 1.807) is 6.20 Å². The van der Waals surface area contributed by atoms with Gasteiger partial charge in [0.15, 0.2) is 0 Å². The zero-order chi connectivity index (χ0) is 16.3. The fourth-order valence-electron chi connectivity index (χ4n) is 2.72. The first-order valence-electron chi connectivity index (χ1n) is 7.60. The molecule has 0 bridgehead atoms. The zero-order valence-corrected chi connectivity index (χ0v) is 13.8. The summed E-state index contributed by atoms with van der Waals surface area (Å²) in [7, 11) is 0. The number of carbonyl (C=O) groups is 1. The van der Waals surface area contributed by atoms with Crippen LogP contribution in [0.5, 0.6) is 0 Å². The Morgan fingerprint density at radius 3 is 3.09 bits per heavy atom. The average molecular weight is 332 g/mol. The van der Waals surface area contributed by atoms with E-state index >= 15 is 0 Å². The van der Waals surface area contributed by atoms with Gasteiger partial charge in [-0.1, -0.05) is 6.07 Å². The van der Waals surface area contributed by atoms with E-state index in [0.29, 0.717) is 13.0 Å². The van der Waals surface area contributed by atoms with Gasteiger partial charge < -0.3 is 15.3 Å². The van der Waals surface area contributed by atoms with Gasteiger partial charge in [0.1, 0.15) is 11.4 Å². The number of carbonyl (C=O) groups excluding carboxylic acids is 1. The molecule has 23 heavy (non-hydrogen) atoms. The van der Waals surface area contributed by atoms with Crippen molar-refractivity contribution in [3.05, 3.63) is 40.5 Å². The lowest BCUT2D eigenvalue weighted by Crippen LogP contribution is -2.45. The van der Waals surface area contributed by atoms with Crippen LogP contribution in [0.2, 0.25) is 0 Å². The lowest BCUT2D eigenvalue weighted by atomic mass is 10.0. The smallest absolute Gasteiger partial charge is 0.226 e. The Balaban J connectivity index is 1.51. The Morgan fingerprint density at radius 1 is 1.52 bits per heavy atom. The molecule has 1 saturated heterocycles. The number of amides is 1. The molecule has 0 aromatic carbocycles. The van der Waals surface area contributed by atoms with Gasteiger partial charge in [0, 0.05) is 31.2 Å². The maximum Gasteiger partial charge on any atom is 0.226 e. The average Bonchev–Trinajstić information content (AvgIpc) is 3.13. The molecule has 0 radical (unpaired) electrons. The van der Waals surface area contributed by atoms with E-state index in [1.165, 1.54) is 11.3 Å². The van der Waals surface area contributed by atoms with Crippen LogP contribution < -0.4 is 10.2 Å². The summed E-state index contributed by atoms with van der Waals surface area (Å²) in [6.45, 7) is 3.37. The first kappa shape index (κ1) is 15.9. The van der Waals surface area contributed by atoms with Crippen molar-refractivity contribution in [2.75, 3.05) is 24.5 Å². The molecule has 1 amide bonds. The van der Waals surface area contributed by atoms with Crippen LogP contribution in [0.25, 0.3) is 0 Å². The van der Waals surface area contributed by atoms with E-state index in [0.717, 1.165) is 23.1 Å². The molecule has 1 fully saturated rings. The minimum absolute atomic E-state index is 0.111. The lowest BCUT2D eigenvalue weighted by Gasteiger charge is -2.24. The first-order chi connectivity index (χ1) is 11.0. The summed E-state index contributed by atoms with van der Waals surface area (Å²) in [5.41, 5.74) is -0.135. The summed E-state index contributed by atoms with van der Waals surface area (Å²) < 4.78 is 0. The van der Waals surface area contributed by atoms with E-state index in [1.807, 2.05) is 35.4 Å². The van der Waals surface area contributed by atoms with E-state index in [9.17, 15) is 9.90 Å². The first-order valence-corrected chi connectivity index (χ1v) is 8.48. The standard InChI is InChI=1S/C16H20N4O2S/c1-12-19-13(9-23-12)8-15(21)18-10-16(22)5-7-20(11-16)14-4-2-3-6-17-14/h2-4,6,9,22H,5,7-8,10-11H2,1H3,(H,18,21)/t16-/m0/s1. The van der Waals surface area contributed by atoms with Gasteiger partial charge in [0.2, 0.25) is 5.91 Å². The minimum atomic E-state index is -0.912. The number of hydrogen-bond donors (Lipinski definition) is 2. The third kappa shape index (κ3) is 4.05. The second-order valence-electron chi connectivity index (χ2n) is 5.90. The maximum absolute atomic E-state index is 12.0. The Kier molecular flexibility index (Phi) is 4.58. The van der Waals surface area contributed by atoms with Crippen molar-refractivity contribution in [2.24, 2.45) is 0 Å². The summed E-state index contributed by atoms with van der Waals surface area (Å²) in [4.78, 5) is 22.6. The van der Waals surface area contributed by atoms with Gasteiger partial charge in [-0.05, 0) is 25.5 Å². The van der Waals surface area contributed by atoms with Crippen LogP contribution in [0, 0.1) is 6.92 Å². The number of anilines is 1. The number of aromatic nitrogens is 2. The van der Waals surface area contributed by atoms with Crippen LogP contribution in [0.4, 0.5) is 5.82 Å². The molecular formula is C16H20N4O2S. The Hall–Kier alpha value is -1.99. The molecule has 2 N–H and O–H groups in total. The van der Waals surface area contributed by atoms with Gasteiger partial charge in [-0.25, -0.2) is 9.97 Å². The molecule has 1 aliphatic heterocycles. The molecule has 2 aromatic heterocycles. The lowest BCUT2D eigenvalue weighted by molar-refractivity contribution is -0.121. The van der Waals surface area contributed by atoms with Crippen LogP contribution in [0.1, 0.15) is 17.1 Å². The van der Waals surface area contributed by atoms with Crippen LogP contribution in [0.3, 0.4) is 0 Å². The maximum atomic E-state index is 12.0. The molecule has 0 spiro atoms. The van der Waals surface area contributed by atoms with Crippen molar-refractivity contribution in [2.45, 2.75) is 25.4 Å². The van der Waals surface area contributed by atoms with Gasteiger partial charge in [-0.3, -0.25) is 4.79 Å². The molecule has 6 nitrogen and oxygen atoms in total. The van der Waals surface area contributed by atoms with Gasteiger partial charge in [-0.15, -0.1) is 11.3 Å². The number of rotatable bonds is 5. The molecule has 1 aliphatic rings. The number of thiazole rings is 1. The third-order valence-corrected chi connectivity index (χ3v) is 4.75. The molecule has 7 heteroatoms. The van der Waals surface area contributed by atoms with Gasteiger partial charge in [0.05, 0.1) is 17.1 Å². The number of aryl methyl sites for hydroxylation is 1. The molecule has 0 unspecified atom stereocenters. The van der Waals surface area contributed by atoms with Gasteiger partial charge in [-0.2, -0.15) is 0 Å². The zero-order valence-electron chi connectivity index (χ0n) is 13.0. The SMILES string of the molecule is Cc1nc(CC(=O)NC[C@@]2(O)CCN(c3ccccn3)C2)cs1. The monoisotopic (exact) mass is 332 g/mol. The second-order valence-corrected chi connectivity index (χ2v) is 6.96. The molecule has 1 atom stereocenters. The van der Waals surface area contributed by atoms with Crippen molar-refractivity contribution in [1.29, 1.82) is 0 Å². The molecule has 0 aliphatic carbocycles.